The van der Waals surface area contributed by atoms with E-state index in [9.17, 15) is 10.1 Å². The van der Waals surface area contributed by atoms with Gasteiger partial charge in [-0.15, -0.1) is 12.4 Å². The summed E-state index contributed by atoms with van der Waals surface area (Å²) >= 11 is 1.15. The van der Waals surface area contributed by atoms with E-state index >= 15 is 0 Å². The summed E-state index contributed by atoms with van der Waals surface area (Å²) in [5.74, 6) is 0. The fourth-order valence-corrected chi connectivity index (χ4v) is 2.15. The first-order valence-corrected chi connectivity index (χ1v) is 5.66. The van der Waals surface area contributed by atoms with Gasteiger partial charge in [-0.2, -0.15) is 0 Å². The second kappa shape index (κ2) is 7.56. The minimum Gasteiger partial charge on any atom is -0.330 e. The van der Waals surface area contributed by atoms with Gasteiger partial charge in [-0.05, 0) is 25.5 Å². The third-order valence-corrected chi connectivity index (χ3v) is 3.30. The number of hydrogen-bond donors (Lipinski definition) is 2. The molecular weight excluding hydrogens is 250 g/mol. The third kappa shape index (κ3) is 4.44. The largest absolute Gasteiger partial charge is 0.330 e. The predicted molar refractivity (Wildman–Crippen MR) is 68.1 cm³/mol. The normalized spacial score (nSPS) is 11.9. The molecule has 7 heteroatoms. The highest BCUT2D eigenvalue weighted by Gasteiger charge is 2.14. The predicted octanol–water partition coefficient (Wildman–Crippen LogP) is 2.21. The van der Waals surface area contributed by atoms with Crippen LogP contribution in [0.2, 0.25) is 0 Å². The zero-order valence-electron chi connectivity index (χ0n) is 8.80. The SMILES string of the molecule is Cl.NCCCC[C@H](N)c1ccc([N+](=O)[O-])s1. The smallest absolute Gasteiger partial charge is 0.324 e. The molecule has 1 aromatic rings. The minimum absolute atomic E-state index is 0. The second-order valence-corrected chi connectivity index (χ2v) is 4.42. The summed E-state index contributed by atoms with van der Waals surface area (Å²) in [6.07, 6.45) is 2.74. The Hall–Kier alpha value is -0.690. The number of thiophene rings is 1. The summed E-state index contributed by atoms with van der Waals surface area (Å²) in [6.45, 7) is 0.664. The van der Waals surface area contributed by atoms with Crippen molar-refractivity contribution in [3.63, 3.8) is 0 Å². The van der Waals surface area contributed by atoms with Gasteiger partial charge in [0.15, 0.2) is 0 Å². The van der Waals surface area contributed by atoms with Gasteiger partial charge in [0.2, 0.25) is 0 Å². The summed E-state index contributed by atoms with van der Waals surface area (Å²) in [4.78, 5) is 10.9. The van der Waals surface area contributed by atoms with Gasteiger partial charge in [0, 0.05) is 17.0 Å². The number of nitrogens with two attached hydrogens (primary N) is 2. The van der Waals surface area contributed by atoms with E-state index in [1.54, 1.807) is 6.07 Å². The van der Waals surface area contributed by atoms with Crippen molar-refractivity contribution in [2.45, 2.75) is 25.3 Å². The van der Waals surface area contributed by atoms with Crippen molar-refractivity contribution in [3.8, 4) is 0 Å². The van der Waals surface area contributed by atoms with Crippen LogP contribution in [0.4, 0.5) is 5.00 Å². The molecule has 4 N–H and O–H groups in total. The molecule has 0 unspecified atom stereocenters. The molecule has 0 aromatic carbocycles. The van der Waals surface area contributed by atoms with Crippen LogP contribution >= 0.6 is 23.7 Å². The molecule has 1 atom stereocenters. The van der Waals surface area contributed by atoms with E-state index in [4.69, 9.17) is 11.5 Å². The van der Waals surface area contributed by atoms with Crippen molar-refractivity contribution >= 4 is 28.7 Å². The van der Waals surface area contributed by atoms with Gasteiger partial charge >= 0.3 is 5.00 Å². The van der Waals surface area contributed by atoms with Gasteiger partial charge in [-0.3, -0.25) is 10.1 Å². The molecule has 0 aliphatic heterocycles. The Morgan fingerprint density at radius 1 is 1.44 bits per heavy atom. The molecule has 1 aromatic heterocycles. The second-order valence-electron chi connectivity index (χ2n) is 3.32. The Kier molecular flexibility index (Phi) is 7.24. The van der Waals surface area contributed by atoms with Gasteiger partial charge in [-0.25, -0.2) is 0 Å². The zero-order valence-corrected chi connectivity index (χ0v) is 10.4. The van der Waals surface area contributed by atoms with Crippen LogP contribution in [0.5, 0.6) is 0 Å². The maximum absolute atomic E-state index is 10.5. The van der Waals surface area contributed by atoms with Crippen molar-refractivity contribution < 1.29 is 4.92 Å². The molecule has 92 valence electrons. The molecule has 0 saturated heterocycles. The lowest BCUT2D eigenvalue weighted by molar-refractivity contribution is -0.380. The molecular formula is C9H16ClN3O2S. The Bertz CT molecular complexity index is 332. The van der Waals surface area contributed by atoms with E-state index in [2.05, 4.69) is 0 Å². The average Bonchev–Trinajstić information content (AvgIpc) is 2.66. The Morgan fingerprint density at radius 3 is 2.62 bits per heavy atom. The highest BCUT2D eigenvalue weighted by atomic mass is 35.5. The Labute approximate surface area is 104 Å². The molecule has 1 heterocycles. The van der Waals surface area contributed by atoms with Crippen molar-refractivity contribution in [1.29, 1.82) is 0 Å². The van der Waals surface area contributed by atoms with Crippen LogP contribution in [0.1, 0.15) is 30.2 Å². The number of unbranched alkanes of at least 4 members (excludes halogenated alkanes) is 1. The molecule has 0 spiro atoms. The number of rotatable bonds is 6. The van der Waals surface area contributed by atoms with E-state index in [1.165, 1.54) is 6.07 Å². The van der Waals surface area contributed by atoms with Crippen LogP contribution in [-0.2, 0) is 0 Å². The highest BCUT2D eigenvalue weighted by molar-refractivity contribution is 7.15. The van der Waals surface area contributed by atoms with Crippen molar-refractivity contribution in [2.24, 2.45) is 11.5 Å². The Balaban J connectivity index is 0.00000225. The molecule has 16 heavy (non-hydrogen) atoms. The molecule has 0 aliphatic carbocycles. The minimum atomic E-state index is -0.388. The molecule has 1 rings (SSSR count). The lowest BCUT2D eigenvalue weighted by atomic mass is 10.1. The van der Waals surface area contributed by atoms with Crippen LogP contribution in [-0.4, -0.2) is 11.5 Å². The van der Waals surface area contributed by atoms with Crippen molar-refractivity contribution in [3.05, 3.63) is 27.1 Å². The zero-order chi connectivity index (χ0) is 11.3. The van der Waals surface area contributed by atoms with Crippen LogP contribution in [0.3, 0.4) is 0 Å². The standard InChI is InChI=1S/C9H15N3O2S.ClH/c10-6-2-1-3-7(11)8-4-5-9(15-8)12(13)14;/h4-5,7H,1-3,6,10-11H2;1H/t7-;/m0./s1. The maximum Gasteiger partial charge on any atom is 0.324 e. The van der Waals surface area contributed by atoms with E-state index in [0.29, 0.717) is 6.54 Å². The molecule has 0 aliphatic rings. The summed E-state index contributed by atoms with van der Waals surface area (Å²) in [5, 5.41) is 10.6. The monoisotopic (exact) mass is 265 g/mol. The van der Waals surface area contributed by atoms with Crippen LogP contribution < -0.4 is 11.5 Å². The van der Waals surface area contributed by atoms with Crippen LogP contribution in [0, 0.1) is 10.1 Å². The lowest BCUT2D eigenvalue weighted by Gasteiger charge is -2.07. The lowest BCUT2D eigenvalue weighted by Crippen LogP contribution is -2.09. The number of nitrogens with zero attached hydrogens (tertiary/aromatic N) is 1. The van der Waals surface area contributed by atoms with Crippen molar-refractivity contribution in [2.75, 3.05) is 6.54 Å². The molecule has 0 fully saturated rings. The van der Waals surface area contributed by atoms with Gasteiger partial charge in [0.05, 0.1) is 4.92 Å². The number of hydrogen-bond acceptors (Lipinski definition) is 5. The summed E-state index contributed by atoms with van der Waals surface area (Å²) < 4.78 is 0. The molecule has 0 bridgehead atoms. The number of halogens is 1. The van der Waals surface area contributed by atoms with Gasteiger partial charge in [-0.1, -0.05) is 17.8 Å². The molecule has 0 amide bonds. The first-order chi connectivity index (χ1) is 7.15. The number of nitro groups is 1. The van der Waals surface area contributed by atoms with Gasteiger partial charge < -0.3 is 11.5 Å². The highest BCUT2D eigenvalue weighted by Crippen LogP contribution is 2.29. The average molecular weight is 266 g/mol. The molecule has 0 saturated carbocycles. The van der Waals surface area contributed by atoms with E-state index in [-0.39, 0.29) is 28.4 Å². The molecule has 0 radical (unpaired) electrons. The third-order valence-electron chi connectivity index (χ3n) is 2.13. The van der Waals surface area contributed by atoms with Gasteiger partial charge in [0.25, 0.3) is 0 Å². The quantitative estimate of drug-likeness (QED) is 0.468. The maximum atomic E-state index is 10.5. The van der Waals surface area contributed by atoms with Crippen molar-refractivity contribution in [1.82, 2.24) is 0 Å². The molecule has 5 nitrogen and oxygen atoms in total. The van der Waals surface area contributed by atoms with Gasteiger partial charge in [0.1, 0.15) is 0 Å². The summed E-state index contributed by atoms with van der Waals surface area (Å²) in [6, 6.07) is 3.13. The first-order valence-electron chi connectivity index (χ1n) is 4.85. The summed E-state index contributed by atoms with van der Waals surface area (Å²) in [7, 11) is 0. The van der Waals surface area contributed by atoms with E-state index in [0.717, 1.165) is 35.5 Å². The topological polar surface area (TPSA) is 95.2 Å². The fraction of sp³-hybridized carbons (Fsp3) is 0.556. The van der Waals surface area contributed by atoms with E-state index in [1.807, 2.05) is 0 Å². The van der Waals surface area contributed by atoms with Crippen LogP contribution in [0.15, 0.2) is 12.1 Å². The summed E-state index contributed by atoms with van der Waals surface area (Å²) in [5.41, 5.74) is 11.3. The Morgan fingerprint density at radius 2 is 2.12 bits per heavy atom. The first kappa shape index (κ1) is 15.3. The van der Waals surface area contributed by atoms with E-state index < -0.39 is 0 Å². The van der Waals surface area contributed by atoms with Crippen LogP contribution in [0.25, 0.3) is 0 Å². The fourth-order valence-electron chi connectivity index (χ4n) is 1.29.